The lowest BCUT2D eigenvalue weighted by molar-refractivity contribution is 0.473. The molecule has 1 saturated carbocycles. The molecule has 1 aromatic heterocycles. The summed E-state index contributed by atoms with van der Waals surface area (Å²) in [5.41, 5.74) is 6.11. The lowest BCUT2D eigenvalue weighted by Crippen LogP contribution is -2.37. The van der Waals surface area contributed by atoms with Crippen LogP contribution in [0.5, 0.6) is 0 Å². The zero-order chi connectivity index (χ0) is 10.0. The zero-order valence-electron chi connectivity index (χ0n) is 8.49. The largest absolute Gasteiger partial charge is 0.324 e. The second-order valence-corrected chi connectivity index (χ2v) is 5.00. The second-order valence-electron chi connectivity index (χ2n) is 4.07. The molecule has 1 aliphatic rings. The topological polar surface area (TPSA) is 50.9 Å². The maximum absolute atomic E-state index is 6.02. The SMILES string of the molecule is CCC(NCC1(N)CC1)c1nccs1. The second kappa shape index (κ2) is 3.96. The summed E-state index contributed by atoms with van der Waals surface area (Å²) >= 11 is 1.71. The van der Waals surface area contributed by atoms with Crippen LogP contribution in [0.25, 0.3) is 0 Å². The van der Waals surface area contributed by atoms with E-state index in [1.807, 2.05) is 11.6 Å². The number of hydrogen-bond acceptors (Lipinski definition) is 4. The standard InChI is InChI=1S/C10H17N3S/c1-2-8(9-12-5-6-14-9)13-7-10(11)3-4-10/h5-6,8,13H,2-4,7,11H2,1H3. The predicted octanol–water partition coefficient (Wildman–Crippen LogP) is 1.68. The third-order valence-corrected chi connectivity index (χ3v) is 3.64. The van der Waals surface area contributed by atoms with Crippen molar-refractivity contribution >= 4 is 11.3 Å². The summed E-state index contributed by atoms with van der Waals surface area (Å²) in [6.07, 6.45) is 5.26. The molecule has 0 radical (unpaired) electrons. The molecule has 4 heteroatoms. The van der Waals surface area contributed by atoms with Crippen molar-refractivity contribution in [2.75, 3.05) is 6.54 Å². The molecule has 2 rings (SSSR count). The molecule has 1 heterocycles. The minimum absolute atomic E-state index is 0.0880. The monoisotopic (exact) mass is 211 g/mol. The van der Waals surface area contributed by atoms with Crippen LogP contribution >= 0.6 is 11.3 Å². The van der Waals surface area contributed by atoms with E-state index in [0.717, 1.165) is 25.8 Å². The van der Waals surface area contributed by atoms with Crippen molar-refractivity contribution < 1.29 is 0 Å². The van der Waals surface area contributed by atoms with E-state index >= 15 is 0 Å². The zero-order valence-corrected chi connectivity index (χ0v) is 9.31. The maximum atomic E-state index is 6.02. The van der Waals surface area contributed by atoms with Crippen molar-refractivity contribution in [3.63, 3.8) is 0 Å². The maximum Gasteiger partial charge on any atom is 0.109 e. The number of hydrogen-bond donors (Lipinski definition) is 2. The third kappa shape index (κ3) is 2.32. The molecule has 3 nitrogen and oxygen atoms in total. The summed E-state index contributed by atoms with van der Waals surface area (Å²) in [5, 5.41) is 6.70. The van der Waals surface area contributed by atoms with Gasteiger partial charge in [0.05, 0.1) is 6.04 Å². The normalized spacial score (nSPS) is 20.7. The van der Waals surface area contributed by atoms with E-state index in [-0.39, 0.29) is 5.54 Å². The van der Waals surface area contributed by atoms with Crippen LogP contribution in [0.15, 0.2) is 11.6 Å². The highest BCUT2D eigenvalue weighted by molar-refractivity contribution is 7.09. The average Bonchev–Trinajstić information content (AvgIpc) is 2.69. The van der Waals surface area contributed by atoms with Gasteiger partial charge in [0.1, 0.15) is 5.01 Å². The first-order valence-electron chi connectivity index (χ1n) is 5.15. The van der Waals surface area contributed by atoms with E-state index < -0.39 is 0 Å². The van der Waals surface area contributed by atoms with Crippen LogP contribution in [-0.2, 0) is 0 Å². The molecule has 0 spiro atoms. The molecule has 1 aliphatic carbocycles. The number of aromatic nitrogens is 1. The van der Waals surface area contributed by atoms with Gasteiger partial charge >= 0.3 is 0 Å². The smallest absolute Gasteiger partial charge is 0.109 e. The predicted molar refractivity (Wildman–Crippen MR) is 59.3 cm³/mol. The van der Waals surface area contributed by atoms with E-state index in [9.17, 15) is 0 Å². The Kier molecular flexibility index (Phi) is 2.85. The highest BCUT2D eigenvalue weighted by Crippen LogP contribution is 2.32. The summed E-state index contributed by atoms with van der Waals surface area (Å²) in [5.74, 6) is 0. The van der Waals surface area contributed by atoms with Crippen molar-refractivity contribution in [3.8, 4) is 0 Å². The Morgan fingerprint density at radius 2 is 2.50 bits per heavy atom. The quantitative estimate of drug-likeness (QED) is 0.779. The molecular formula is C10H17N3S. The van der Waals surface area contributed by atoms with Gasteiger partial charge in [0.25, 0.3) is 0 Å². The van der Waals surface area contributed by atoms with E-state index in [1.165, 1.54) is 5.01 Å². The number of nitrogens with zero attached hydrogens (tertiary/aromatic N) is 1. The van der Waals surface area contributed by atoms with Gasteiger partial charge in [-0.25, -0.2) is 4.98 Å². The molecule has 0 saturated heterocycles. The van der Waals surface area contributed by atoms with Crippen LogP contribution in [0.4, 0.5) is 0 Å². The summed E-state index contributed by atoms with van der Waals surface area (Å²) in [4.78, 5) is 4.32. The Hall–Kier alpha value is -0.450. The average molecular weight is 211 g/mol. The number of nitrogens with one attached hydrogen (secondary N) is 1. The van der Waals surface area contributed by atoms with Crippen LogP contribution < -0.4 is 11.1 Å². The number of rotatable bonds is 5. The van der Waals surface area contributed by atoms with Gasteiger partial charge in [0.2, 0.25) is 0 Å². The Morgan fingerprint density at radius 3 is 3.00 bits per heavy atom. The molecule has 0 aliphatic heterocycles. The van der Waals surface area contributed by atoms with Gasteiger partial charge in [-0.1, -0.05) is 6.92 Å². The fourth-order valence-electron chi connectivity index (χ4n) is 1.48. The first-order chi connectivity index (χ1) is 6.73. The van der Waals surface area contributed by atoms with Crippen molar-refractivity contribution in [1.82, 2.24) is 10.3 Å². The third-order valence-electron chi connectivity index (χ3n) is 2.75. The van der Waals surface area contributed by atoms with Crippen molar-refractivity contribution in [3.05, 3.63) is 16.6 Å². The van der Waals surface area contributed by atoms with Crippen molar-refractivity contribution in [2.45, 2.75) is 37.8 Å². The van der Waals surface area contributed by atoms with Crippen LogP contribution in [0.1, 0.15) is 37.2 Å². The molecule has 0 amide bonds. The van der Waals surface area contributed by atoms with Crippen LogP contribution in [-0.4, -0.2) is 17.1 Å². The summed E-state index contributed by atoms with van der Waals surface area (Å²) in [6.45, 7) is 3.10. The van der Waals surface area contributed by atoms with Gasteiger partial charge in [-0.2, -0.15) is 0 Å². The highest BCUT2D eigenvalue weighted by Gasteiger charge is 2.38. The highest BCUT2D eigenvalue weighted by atomic mass is 32.1. The van der Waals surface area contributed by atoms with E-state index in [1.54, 1.807) is 11.3 Å². The number of nitrogens with two attached hydrogens (primary N) is 1. The molecule has 0 aromatic carbocycles. The van der Waals surface area contributed by atoms with Gasteiger partial charge in [0, 0.05) is 23.7 Å². The molecule has 1 unspecified atom stereocenters. The van der Waals surface area contributed by atoms with E-state index in [2.05, 4.69) is 17.2 Å². The minimum atomic E-state index is 0.0880. The first kappa shape index (κ1) is 10.1. The molecule has 0 bridgehead atoms. The number of thiazole rings is 1. The molecule has 3 N–H and O–H groups in total. The lowest BCUT2D eigenvalue weighted by Gasteiger charge is -2.17. The van der Waals surface area contributed by atoms with Gasteiger partial charge < -0.3 is 11.1 Å². The van der Waals surface area contributed by atoms with Crippen molar-refractivity contribution in [1.29, 1.82) is 0 Å². The van der Waals surface area contributed by atoms with Crippen LogP contribution in [0.3, 0.4) is 0 Å². The molecule has 1 atom stereocenters. The van der Waals surface area contributed by atoms with Crippen LogP contribution in [0.2, 0.25) is 0 Å². The van der Waals surface area contributed by atoms with Gasteiger partial charge in [-0.3, -0.25) is 0 Å². The molecule has 1 fully saturated rings. The minimum Gasteiger partial charge on any atom is -0.324 e. The fraction of sp³-hybridized carbons (Fsp3) is 0.700. The van der Waals surface area contributed by atoms with E-state index in [0.29, 0.717) is 6.04 Å². The first-order valence-corrected chi connectivity index (χ1v) is 6.03. The van der Waals surface area contributed by atoms with Gasteiger partial charge in [0.15, 0.2) is 0 Å². The Bertz CT molecular complexity index is 280. The summed E-state index contributed by atoms with van der Waals surface area (Å²) in [6, 6.07) is 0.385. The Morgan fingerprint density at radius 1 is 1.71 bits per heavy atom. The Labute approximate surface area is 88.7 Å². The molecule has 1 aromatic rings. The van der Waals surface area contributed by atoms with Crippen molar-refractivity contribution in [2.24, 2.45) is 5.73 Å². The Balaban J connectivity index is 1.87. The lowest BCUT2D eigenvalue weighted by atomic mass is 10.2. The summed E-state index contributed by atoms with van der Waals surface area (Å²) < 4.78 is 0. The fourth-order valence-corrected chi connectivity index (χ4v) is 2.27. The molecule has 78 valence electrons. The summed E-state index contributed by atoms with van der Waals surface area (Å²) in [7, 11) is 0. The molecule has 14 heavy (non-hydrogen) atoms. The van der Waals surface area contributed by atoms with Crippen LogP contribution in [0, 0.1) is 0 Å². The van der Waals surface area contributed by atoms with Gasteiger partial charge in [-0.15, -0.1) is 11.3 Å². The van der Waals surface area contributed by atoms with E-state index in [4.69, 9.17) is 5.73 Å². The van der Waals surface area contributed by atoms with Gasteiger partial charge in [-0.05, 0) is 19.3 Å². The molecular weight excluding hydrogens is 194 g/mol.